The average Bonchev–Trinajstić information content (AvgIpc) is 2.73. The van der Waals surface area contributed by atoms with Crippen LogP contribution in [-0.4, -0.2) is 29.0 Å². The minimum Gasteiger partial charge on any atom is -0.356 e. The molecule has 1 N–H and O–H groups in total. The Labute approximate surface area is 178 Å². The van der Waals surface area contributed by atoms with Gasteiger partial charge in [0.15, 0.2) is 0 Å². The highest BCUT2D eigenvalue weighted by atomic mass is 16.1. The van der Waals surface area contributed by atoms with Gasteiger partial charge in [0.05, 0.1) is 5.69 Å². The maximum absolute atomic E-state index is 12.7. The Morgan fingerprint density at radius 3 is 2.37 bits per heavy atom. The Morgan fingerprint density at radius 2 is 1.67 bits per heavy atom. The summed E-state index contributed by atoms with van der Waals surface area (Å²) in [4.78, 5) is 23.9. The van der Waals surface area contributed by atoms with E-state index in [1.165, 1.54) is 5.56 Å². The van der Waals surface area contributed by atoms with Crippen LogP contribution in [0.1, 0.15) is 29.5 Å². The van der Waals surface area contributed by atoms with Crippen LogP contribution in [0.4, 0.5) is 11.5 Å². The first-order valence-corrected chi connectivity index (χ1v) is 10.5. The lowest BCUT2D eigenvalue weighted by atomic mass is 9.95. The van der Waals surface area contributed by atoms with E-state index in [1.54, 1.807) is 6.33 Å². The number of anilines is 2. The second-order valence-electron chi connectivity index (χ2n) is 8.26. The van der Waals surface area contributed by atoms with E-state index < -0.39 is 0 Å². The third-order valence-electron chi connectivity index (χ3n) is 5.65. The van der Waals surface area contributed by atoms with E-state index in [2.05, 4.69) is 51.4 Å². The predicted octanol–water partition coefficient (Wildman–Crippen LogP) is 4.92. The van der Waals surface area contributed by atoms with Crippen LogP contribution < -0.4 is 10.2 Å². The average molecular weight is 401 g/mol. The highest BCUT2D eigenvalue weighted by Crippen LogP contribution is 2.26. The van der Waals surface area contributed by atoms with Gasteiger partial charge in [0.2, 0.25) is 5.91 Å². The van der Waals surface area contributed by atoms with Crippen LogP contribution >= 0.6 is 0 Å². The molecule has 2 heterocycles. The fourth-order valence-electron chi connectivity index (χ4n) is 4.14. The molecule has 5 heteroatoms. The summed E-state index contributed by atoms with van der Waals surface area (Å²) >= 11 is 0. The van der Waals surface area contributed by atoms with Gasteiger partial charge in [-0.05, 0) is 62.9 Å². The zero-order valence-corrected chi connectivity index (χ0v) is 17.9. The molecule has 0 unspecified atom stereocenters. The summed E-state index contributed by atoms with van der Waals surface area (Å²) in [5, 5.41) is 3.10. The summed E-state index contributed by atoms with van der Waals surface area (Å²) in [6.07, 6.45) is 3.27. The SMILES string of the molecule is Cc1cc(C)cc(NC(=O)C2CCN(c3cc(-c4cccc(C)c4)ncn3)CC2)c1. The Bertz CT molecular complexity index is 1030. The zero-order valence-electron chi connectivity index (χ0n) is 17.9. The third kappa shape index (κ3) is 4.67. The molecule has 0 spiro atoms. The van der Waals surface area contributed by atoms with Gasteiger partial charge in [0, 0.05) is 36.3 Å². The quantitative estimate of drug-likeness (QED) is 0.675. The number of carbonyl (C=O) groups excluding carboxylic acids is 1. The fourth-order valence-corrected chi connectivity index (χ4v) is 4.14. The molecule has 3 aromatic rings. The van der Waals surface area contributed by atoms with Crippen molar-refractivity contribution in [3.05, 3.63) is 71.5 Å². The topological polar surface area (TPSA) is 58.1 Å². The number of aromatic nitrogens is 2. The van der Waals surface area contributed by atoms with Crippen molar-refractivity contribution in [1.29, 1.82) is 0 Å². The number of carbonyl (C=O) groups is 1. The standard InChI is InChI=1S/C25H28N4O/c1-17-5-4-6-21(12-17)23-15-24(27-16-26-23)29-9-7-20(8-10-29)25(30)28-22-13-18(2)11-19(3)14-22/h4-6,11-16,20H,7-10H2,1-3H3,(H,28,30). The van der Waals surface area contributed by atoms with Crippen molar-refractivity contribution in [2.75, 3.05) is 23.3 Å². The number of nitrogens with one attached hydrogen (secondary N) is 1. The summed E-state index contributed by atoms with van der Waals surface area (Å²) in [7, 11) is 0. The molecule has 1 fully saturated rings. The number of piperidine rings is 1. The summed E-state index contributed by atoms with van der Waals surface area (Å²) in [6, 6.07) is 16.5. The van der Waals surface area contributed by atoms with Crippen LogP contribution in [0.15, 0.2) is 54.9 Å². The van der Waals surface area contributed by atoms with E-state index in [4.69, 9.17) is 0 Å². The number of rotatable bonds is 4. The van der Waals surface area contributed by atoms with Crippen LogP contribution in [0.25, 0.3) is 11.3 Å². The third-order valence-corrected chi connectivity index (χ3v) is 5.65. The molecular weight excluding hydrogens is 372 g/mol. The first-order valence-electron chi connectivity index (χ1n) is 10.5. The van der Waals surface area contributed by atoms with Crippen molar-refractivity contribution < 1.29 is 4.79 Å². The monoisotopic (exact) mass is 400 g/mol. The maximum atomic E-state index is 12.7. The highest BCUT2D eigenvalue weighted by Gasteiger charge is 2.26. The molecule has 154 valence electrons. The van der Waals surface area contributed by atoms with Crippen LogP contribution in [0.5, 0.6) is 0 Å². The van der Waals surface area contributed by atoms with Crippen molar-refractivity contribution in [1.82, 2.24) is 9.97 Å². The molecule has 1 saturated heterocycles. The fraction of sp³-hybridized carbons (Fsp3) is 0.320. The Balaban J connectivity index is 1.40. The van der Waals surface area contributed by atoms with Gasteiger partial charge in [-0.2, -0.15) is 0 Å². The van der Waals surface area contributed by atoms with Gasteiger partial charge >= 0.3 is 0 Å². The molecule has 0 radical (unpaired) electrons. The van der Waals surface area contributed by atoms with Gasteiger partial charge < -0.3 is 10.2 Å². The van der Waals surface area contributed by atoms with Crippen molar-refractivity contribution in [3.63, 3.8) is 0 Å². The largest absolute Gasteiger partial charge is 0.356 e. The van der Waals surface area contributed by atoms with Crippen molar-refractivity contribution >= 4 is 17.4 Å². The molecule has 0 atom stereocenters. The minimum absolute atomic E-state index is 0.0279. The van der Waals surface area contributed by atoms with E-state index in [1.807, 2.05) is 38.1 Å². The molecule has 1 aliphatic heterocycles. The smallest absolute Gasteiger partial charge is 0.227 e. The van der Waals surface area contributed by atoms with Gasteiger partial charge in [-0.25, -0.2) is 9.97 Å². The van der Waals surface area contributed by atoms with Crippen LogP contribution in [0, 0.1) is 26.7 Å². The first kappa shape index (κ1) is 20.1. The summed E-state index contributed by atoms with van der Waals surface area (Å²) in [5.41, 5.74) is 6.45. The summed E-state index contributed by atoms with van der Waals surface area (Å²) < 4.78 is 0. The van der Waals surface area contributed by atoms with E-state index in [0.29, 0.717) is 0 Å². The van der Waals surface area contributed by atoms with Crippen LogP contribution in [0.2, 0.25) is 0 Å². The predicted molar refractivity (Wildman–Crippen MR) is 122 cm³/mol. The van der Waals surface area contributed by atoms with Gasteiger partial charge in [0.1, 0.15) is 12.1 Å². The number of hydrogen-bond donors (Lipinski definition) is 1. The van der Waals surface area contributed by atoms with E-state index in [9.17, 15) is 4.79 Å². The molecule has 0 bridgehead atoms. The number of benzene rings is 2. The molecule has 1 amide bonds. The second-order valence-corrected chi connectivity index (χ2v) is 8.26. The first-order chi connectivity index (χ1) is 14.5. The number of amides is 1. The number of aryl methyl sites for hydroxylation is 3. The Kier molecular flexibility index (Phi) is 5.79. The minimum atomic E-state index is 0.0279. The Hall–Kier alpha value is -3.21. The molecular formula is C25H28N4O. The van der Waals surface area contributed by atoms with Gasteiger partial charge in [-0.3, -0.25) is 4.79 Å². The lowest BCUT2D eigenvalue weighted by Gasteiger charge is -2.32. The van der Waals surface area contributed by atoms with Crippen LogP contribution in [-0.2, 0) is 4.79 Å². The van der Waals surface area contributed by atoms with Gasteiger partial charge in [0.25, 0.3) is 0 Å². The molecule has 4 rings (SSSR count). The van der Waals surface area contributed by atoms with Crippen molar-refractivity contribution in [2.24, 2.45) is 5.92 Å². The van der Waals surface area contributed by atoms with Gasteiger partial charge in [-0.15, -0.1) is 0 Å². The lowest BCUT2D eigenvalue weighted by Crippen LogP contribution is -2.38. The molecule has 0 aliphatic carbocycles. The summed E-state index contributed by atoms with van der Waals surface area (Å²) in [6.45, 7) is 7.81. The molecule has 0 saturated carbocycles. The zero-order chi connectivity index (χ0) is 21.1. The lowest BCUT2D eigenvalue weighted by molar-refractivity contribution is -0.120. The molecule has 1 aromatic heterocycles. The van der Waals surface area contributed by atoms with Crippen LogP contribution in [0.3, 0.4) is 0 Å². The highest BCUT2D eigenvalue weighted by molar-refractivity contribution is 5.92. The molecule has 2 aromatic carbocycles. The van der Waals surface area contributed by atoms with Gasteiger partial charge in [-0.1, -0.05) is 29.8 Å². The number of hydrogen-bond acceptors (Lipinski definition) is 4. The Morgan fingerprint density at radius 1 is 0.933 bits per heavy atom. The number of nitrogens with zero attached hydrogens (tertiary/aromatic N) is 3. The maximum Gasteiger partial charge on any atom is 0.227 e. The van der Waals surface area contributed by atoms with Crippen molar-refractivity contribution in [2.45, 2.75) is 33.6 Å². The van der Waals surface area contributed by atoms with Crippen molar-refractivity contribution in [3.8, 4) is 11.3 Å². The second kappa shape index (κ2) is 8.66. The molecule has 1 aliphatic rings. The summed E-state index contributed by atoms with van der Waals surface area (Å²) in [5.74, 6) is 1.07. The van der Waals surface area contributed by atoms with E-state index >= 15 is 0 Å². The molecule has 30 heavy (non-hydrogen) atoms. The van der Waals surface area contributed by atoms with E-state index in [-0.39, 0.29) is 11.8 Å². The van der Waals surface area contributed by atoms with E-state index in [0.717, 1.165) is 59.8 Å². The normalized spacial score (nSPS) is 14.6. The molecule has 5 nitrogen and oxygen atoms in total.